The Morgan fingerprint density at radius 3 is 2.38 bits per heavy atom. The molecule has 6 nitrogen and oxygen atoms in total. The summed E-state index contributed by atoms with van der Waals surface area (Å²) in [5, 5.41) is 11.7. The first-order chi connectivity index (χ1) is 12.5. The maximum absolute atomic E-state index is 12.3. The van der Waals surface area contributed by atoms with Gasteiger partial charge in [0.1, 0.15) is 0 Å². The molecule has 134 valence electrons. The number of nitrogens with zero attached hydrogens (tertiary/aromatic N) is 3. The molecule has 0 spiro atoms. The first kappa shape index (κ1) is 18.0. The Morgan fingerprint density at radius 1 is 1.08 bits per heavy atom. The van der Waals surface area contributed by atoms with Crippen molar-refractivity contribution < 1.29 is 4.79 Å². The molecule has 0 atom stereocenters. The van der Waals surface area contributed by atoms with Gasteiger partial charge < -0.3 is 11.2 Å². The van der Waals surface area contributed by atoms with E-state index in [1.165, 1.54) is 16.4 Å². The number of rotatable bonds is 5. The Morgan fingerprint density at radius 2 is 1.73 bits per heavy atom. The maximum Gasteiger partial charge on any atom is 0.234 e. The highest BCUT2D eigenvalue weighted by Gasteiger charge is 2.14. The van der Waals surface area contributed by atoms with Crippen LogP contribution >= 0.6 is 11.8 Å². The number of aryl methyl sites for hydroxylation is 3. The second kappa shape index (κ2) is 7.61. The van der Waals surface area contributed by atoms with Crippen LogP contribution in [0.2, 0.25) is 0 Å². The van der Waals surface area contributed by atoms with E-state index in [1.807, 2.05) is 63.2 Å². The van der Waals surface area contributed by atoms with E-state index in [4.69, 9.17) is 5.84 Å². The van der Waals surface area contributed by atoms with Gasteiger partial charge in [-0.2, -0.15) is 0 Å². The van der Waals surface area contributed by atoms with Crippen molar-refractivity contribution in [3.63, 3.8) is 0 Å². The third-order valence-corrected chi connectivity index (χ3v) is 5.00. The number of carbonyl (C=O) groups excluding carboxylic acids is 1. The van der Waals surface area contributed by atoms with Crippen LogP contribution < -0.4 is 11.2 Å². The molecular weight excluding hydrogens is 346 g/mol. The average Bonchev–Trinajstić information content (AvgIpc) is 2.98. The van der Waals surface area contributed by atoms with Gasteiger partial charge in [0.2, 0.25) is 11.1 Å². The van der Waals surface area contributed by atoms with Crippen LogP contribution in [-0.4, -0.2) is 26.5 Å². The predicted molar refractivity (Wildman–Crippen MR) is 106 cm³/mol. The summed E-state index contributed by atoms with van der Waals surface area (Å²) in [4.78, 5) is 12.3. The summed E-state index contributed by atoms with van der Waals surface area (Å²) in [5.41, 5.74) is 4.97. The molecule has 1 heterocycles. The number of anilines is 1. The van der Waals surface area contributed by atoms with Crippen LogP contribution in [0.3, 0.4) is 0 Å². The zero-order valence-electron chi connectivity index (χ0n) is 15.0. The Kier molecular flexibility index (Phi) is 5.27. The lowest BCUT2D eigenvalue weighted by atomic mass is 10.1. The van der Waals surface area contributed by atoms with Gasteiger partial charge in [0.05, 0.1) is 5.75 Å². The number of amides is 1. The zero-order valence-corrected chi connectivity index (χ0v) is 15.8. The third kappa shape index (κ3) is 3.88. The van der Waals surface area contributed by atoms with E-state index in [9.17, 15) is 4.79 Å². The van der Waals surface area contributed by atoms with Crippen LogP contribution in [0, 0.1) is 20.8 Å². The largest absolute Gasteiger partial charge is 0.335 e. The third-order valence-electron chi connectivity index (χ3n) is 4.05. The van der Waals surface area contributed by atoms with Crippen molar-refractivity contribution in [3.8, 4) is 11.4 Å². The van der Waals surface area contributed by atoms with E-state index in [2.05, 4.69) is 15.5 Å². The fourth-order valence-electron chi connectivity index (χ4n) is 2.59. The van der Waals surface area contributed by atoms with Gasteiger partial charge in [-0.05, 0) is 31.9 Å². The second-order valence-electron chi connectivity index (χ2n) is 6.15. The molecule has 0 unspecified atom stereocenters. The Balaban J connectivity index is 1.67. The number of benzene rings is 2. The molecule has 0 aliphatic carbocycles. The number of hydrogen-bond acceptors (Lipinski definition) is 5. The van der Waals surface area contributed by atoms with Gasteiger partial charge in [-0.25, -0.2) is 4.68 Å². The molecule has 3 aromatic rings. The molecule has 1 amide bonds. The number of nitrogens with two attached hydrogens (primary N) is 1. The number of nitrogens with one attached hydrogen (secondary N) is 1. The normalized spacial score (nSPS) is 10.7. The van der Waals surface area contributed by atoms with Gasteiger partial charge in [-0.1, -0.05) is 59.8 Å². The Hall–Kier alpha value is -2.80. The summed E-state index contributed by atoms with van der Waals surface area (Å²) in [5.74, 6) is 6.77. The minimum Gasteiger partial charge on any atom is -0.335 e. The maximum atomic E-state index is 12.3. The van der Waals surface area contributed by atoms with E-state index < -0.39 is 0 Å². The molecule has 7 heteroatoms. The highest BCUT2D eigenvalue weighted by atomic mass is 32.2. The quantitative estimate of drug-likeness (QED) is 0.534. The van der Waals surface area contributed by atoms with Gasteiger partial charge in [0.15, 0.2) is 5.82 Å². The molecule has 0 radical (unpaired) electrons. The average molecular weight is 367 g/mol. The number of carbonyl (C=O) groups is 1. The number of aromatic nitrogens is 3. The molecule has 0 aliphatic heterocycles. The van der Waals surface area contributed by atoms with Crippen molar-refractivity contribution in [1.29, 1.82) is 0 Å². The highest BCUT2D eigenvalue weighted by Crippen LogP contribution is 2.23. The summed E-state index contributed by atoms with van der Waals surface area (Å²) in [7, 11) is 0. The molecule has 0 aliphatic rings. The van der Waals surface area contributed by atoms with Crippen LogP contribution in [0.25, 0.3) is 11.4 Å². The highest BCUT2D eigenvalue weighted by molar-refractivity contribution is 7.99. The number of para-hydroxylation sites is 1. The summed E-state index contributed by atoms with van der Waals surface area (Å²) >= 11 is 1.26. The summed E-state index contributed by atoms with van der Waals surface area (Å²) in [6, 6.07) is 13.8. The summed E-state index contributed by atoms with van der Waals surface area (Å²) in [6.07, 6.45) is 0. The lowest BCUT2D eigenvalue weighted by Gasteiger charge is -2.11. The van der Waals surface area contributed by atoms with Crippen molar-refractivity contribution in [2.45, 2.75) is 25.9 Å². The van der Waals surface area contributed by atoms with Crippen molar-refractivity contribution in [2.75, 3.05) is 16.9 Å². The van der Waals surface area contributed by atoms with E-state index in [-0.39, 0.29) is 11.7 Å². The zero-order chi connectivity index (χ0) is 18.7. The molecule has 0 fully saturated rings. The van der Waals surface area contributed by atoms with Crippen LogP contribution in [0.5, 0.6) is 0 Å². The smallest absolute Gasteiger partial charge is 0.234 e. The Bertz CT molecular complexity index is 913. The van der Waals surface area contributed by atoms with Crippen molar-refractivity contribution in [1.82, 2.24) is 14.9 Å². The molecule has 0 saturated carbocycles. The fourth-order valence-corrected chi connectivity index (χ4v) is 3.25. The minimum absolute atomic E-state index is 0.104. The van der Waals surface area contributed by atoms with Crippen molar-refractivity contribution in [3.05, 3.63) is 59.2 Å². The van der Waals surface area contributed by atoms with Crippen LogP contribution in [-0.2, 0) is 4.79 Å². The second-order valence-corrected chi connectivity index (χ2v) is 7.09. The van der Waals surface area contributed by atoms with E-state index in [0.717, 1.165) is 27.9 Å². The number of thioether (sulfide) groups is 1. The minimum atomic E-state index is -0.104. The van der Waals surface area contributed by atoms with Gasteiger partial charge in [0, 0.05) is 11.3 Å². The lowest BCUT2D eigenvalue weighted by molar-refractivity contribution is -0.113. The molecule has 1 aromatic heterocycles. The molecular formula is C19H21N5OS. The van der Waals surface area contributed by atoms with Gasteiger partial charge in [-0.3, -0.25) is 4.79 Å². The predicted octanol–water partition coefficient (Wildman–Crippen LogP) is 3.31. The first-order valence-electron chi connectivity index (χ1n) is 8.22. The van der Waals surface area contributed by atoms with E-state index >= 15 is 0 Å². The first-order valence-corrected chi connectivity index (χ1v) is 9.20. The molecule has 2 aromatic carbocycles. The Labute approximate surface area is 156 Å². The fraction of sp³-hybridized carbons (Fsp3) is 0.211. The molecule has 3 rings (SSSR count). The van der Waals surface area contributed by atoms with Crippen LogP contribution in [0.15, 0.2) is 47.6 Å². The number of hydrogen-bond donors (Lipinski definition) is 2. The molecule has 0 saturated heterocycles. The van der Waals surface area contributed by atoms with Crippen molar-refractivity contribution >= 4 is 23.4 Å². The van der Waals surface area contributed by atoms with E-state index in [0.29, 0.717) is 11.0 Å². The monoisotopic (exact) mass is 367 g/mol. The SMILES string of the molecule is Cc1ccc(-c2nnc(SCC(=O)Nc3c(C)cccc3C)n2N)cc1. The molecule has 0 bridgehead atoms. The van der Waals surface area contributed by atoms with E-state index in [1.54, 1.807) is 0 Å². The number of nitrogen functional groups attached to an aromatic ring is 1. The van der Waals surface area contributed by atoms with Crippen LogP contribution in [0.4, 0.5) is 5.69 Å². The molecule has 3 N–H and O–H groups in total. The molecule has 26 heavy (non-hydrogen) atoms. The summed E-state index contributed by atoms with van der Waals surface area (Å²) < 4.78 is 1.42. The van der Waals surface area contributed by atoms with Gasteiger partial charge in [0.25, 0.3) is 0 Å². The summed E-state index contributed by atoms with van der Waals surface area (Å²) in [6.45, 7) is 5.97. The van der Waals surface area contributed by atoms with Gasteiger partial charge in [-0.15, -0.1) is 10.2 Å². The van der Waals surface area contributed by atoms with Gasteiger partial charge >= 0.3 is 0 Å². The standard InChI is InChI=1S/C19H21N5OS/c1-12-7-9-15(10-8-12)18-22-23-19(24(18)20)26-11-16(25)21-17-13(2)5-4-6-14(17)3/h4-10H,11,20H2,1-3H3,(H,21,25). The lowest BCUT2D eigenvalue weighted by Crippen LogP contribution is -2.17. The topological polar surface area (TPSA) is 85.8 Å². The van der Waals surface area contributed by atoms with Crippen molar-refractivity contribution in [2.24, 2.45) is 0 Å². The van der Waals surface area contributed by atoms with Crippen LogP contribution in [0.1, 0.15) is 16.7 Å².